The summed E-state index contributed by atoms with van der Waals surface area (Å²) in [6, 6.07) is 5.23. The van der Waals surface area contributed by atoms with E-state index >= 15 is 0 Å². The average molecular weight is 327 g/mol. The van der Waals surface area contributed by atoms with E-state index in [0.29, 0.717) is 31.9 Å². The Kier molecular flexibility index (Phi) is 4.05. The molecule has 1 aromatic rings. The Balaban J connectivity index is 1.54. The summed E-state index contributed by atoms with van der Waals surface area (Å²) in [5.41, 5.74) is 0.513. The van der Waals surface area contributed by atoms with E-state index in [4.69, 9.17) is 0 Å². The van der Waals surface area contributed by atoms with Crippen molar-refractivity contribution in [3.8, 4) is 0 Å². The molecule has 1 saturated carbocycles. The fourth-order valence-corrected chi connectivity index (χ4v) is 4.28. The number of sulfonamides is 1. The van der Waals surface area contributed by atoms with Gasteiger partial charge in [-0.25, -0.2) is 17.6 Å². The first-order chi connectivity index (χ1) is 10.5. The Bertz CT molecular complexity index is 650. The molecule has 1 aliphatic heterocycles. The van der Waals surface area contributed by atoms with E-state index in [1.54, 1.807) is 4.90 Å². The van der Waals surface area contributed by atoms with Crippen LogP contribution in [0.3, 0.4) is 0 Å². The molecule has 2 fully saturated rings. The molecule has 0 unspecified atom stereocenters. The predicted octanol–water partition coefficient (Wildman–Crippen LogP) is 1.47. The Hall–Kier alpha value is -1.67. The number of hydrogen-bond acceptors (Lipinski definition) is 3. The quantitative estimate of drug-likeness (QED) is 0.914. The normalized spacial score (nSPS) is 20.0. The smallest absolute Gasteiger partial charge is 0.321 e. The summed E-state index contributed by atoms with van der Waals surface area (Å²) in [7, 11) is -3.17. The number of benzene rings is 1. The maximum absolute atomic E-state index is 12.8. The van der Waals surface area contributed by atoms with Gasteiger partial charge in [-0.05, 0) is 37.1 Å². The molecule has 120 valence electrons. The van der Waals surface area contributed by atoms with Crippen LogP contribution < -0.4 is 5.32 Å². The minimum atomic E-state index is -3.17. The number of nitrogens with one attached hydrogen (secondary N) is 1. The first kappa shape index (κ1) is 15.2. The van der Waals surface area contributed by atoms with Crippen LogP contribution in [0.2, 0.25) is 0 Å². The monoisotopic (exact) mass is 327 g/mol. The molecule has 1 saturated heterocycles. The van der Waals surface area contributed by atoms with E-state index in [2.05, 4.69) is 5.32 Å². The van der Waals surface area contributed by atoms with Gasteiger partial charge in [0, 0.05) is 31.9 Å². The molecule has 1 aliphatic carbocycles. The summed E-state index contributed by atoms with van der Waals surface area (Å²) in [6.45, 7) is 1.38. The van der Waals surface area contributed by atoms with Crippen LogP contribution in [0.4, 0.5) is 14.9 Å². The summed E-state index contributed by atoms with van der Waals surface area (Å²) in [6.07, 6.45) is 1.49. The molecule has 3 rings (SSSR count). The second kappa shape index (κ2) is 5.85. The highest BCUT2D eigenvalue weighted by molar-refractivity contribution is 7.90. The van der Waals surface area contributed by atoms with Crippen molar-refractivity contribution in [2.45, 2.75) is 18.1 Å². The molecule has 6 nitrogen and oxygen atoms in total. The van der Waals surface area contributed by atoms with Crippen LogP contribution in [0.5, 0.6) is 0 Å². The van der Waals surface area contributed by atoms with Gasteiger partial charge in [-0.15, -0.1) is 0 Å². The fraction of sp³-hybridized carbons (Fsp3) is 0.500. The van der Waals surface area contributed by atoms with E-state index in [9.17, 15) is 17.6 Å². The molecule has 0 atom stereocenters. The van der Waals surface area contributed by atoms with Crippen LogP contribution in [-0.2, 0) is 10.0 Å². The average Bonchev–Trinajstić information content (AvgIpc) is 3.35. The predicted molar refractivity (Wildman–Crippen MR) is 80.5 cm³/mol. The van der Waals surface area contributed by atoms with Gasteiger partial charge in [0.15, 0.2) is 0 Å². The lowest BCUT2D eigenvalue weighted by Crippen LogP contribution is -2.52. The van der Waals surface area contributed by atoms with Crippen LogP contribution in [-0.4, -0.2) is 55.1 Å². The summed E-state index contributed by atoms with van der Waals surface area (Å²) < 4.78 is 38.5. The van der Waals surface area contributed by atoms with Crippen LogP contribution in [0, 0.1) is 5.82 Å². The minimum Gasteiger partial charge on any atom is -0.322 e. The van der Waals surface area contributed by atoms with E-state index < -0.39 is 10.0 Å². The Morgan fingerprint density at radius 2 is 1.68 bits per heavy atom. The molecule has 1 aromatic carbocycles. The zero-order valence-electron chi connectivity index (χ0n) is 12.0. The van der Waals surface area contributed by atoms with Crippen molar-refractivity contribution in [1.82, 2.24) is 9.21 Å². The molecule has 0 bridgehead atoms. The number of carbonyl (C=O) groups is 1. The maximum atomic E-state index is 12.8. The molecule has 0 radical (unpaired) electrons. The Labute approximate surface area is 128 Å². The number of anilines is 1. The highest BCUT2D eigenvalue weighted by Gasteiger charge is 2.41. The van der Waals surface area contributed by atoms with Crippen molar-refractivity contribution in [2.24, 2.45) is 0 Å². The van der Waals surface area contributed by atoms with Crippen LogP contribution in [0.25, 0.3) is 0 Å². The van der Waals surface area contributed by atoms with Crippen molar-refractivity contribution < 1.29 is 17.6 Å². The van der Waals surface area contributed by atoms with Gasteiger partial charge in [-0.2, -0.15) is 4.31 Å². The summed E-state index contributed by atoms with van der Waals surface area (Å²) >= 11 is 0. The number of urea groups is 1. The molecule has 0 spiro atoms. The zero-order chi connectivity index (χ0) is 15.7. The van der Waals surface area contributed by atoms with Gasteiger partial charge in [0.25, 0.3) is 0 Å². The highest BCUT2D eigenvalue weighted by atomic mass is 32.2. The largest absolute Gasteiger partial charge is 0.322 e. The van der Waals surface area contributed by atoms with Crippen molar-refractivity contribution in [3.63, 3.8) is 0 Å². The number of nitrogens with zero attached hydrogens (tertiary/aromatic N) is 2. The topological polar surface area (TPSA) is 69.7 Å². The SMILES string of the molecule is O=C(Nc1ccc(F)cc1)N1CCN(S(=O)(=O)C2CC2)CC1. The number of carbonyl (C=O) groups excluding carboxylic acids is 1. The third kappa shape index (κ3) is 3.22. The van der Waals surface area contributed by atoms with Gasteiger partial charge in [-0.3, -0.25) is 0 Å². The van der Waals surface area contributed by atoms with E-state index in [1.807, 2.05) is 0 Å². The van der Waals surface area contributed by atoms with Crippen molar-refractivity contribution in [3.05, 3.63) is 30.1 Å². The van der Waals surface area contributed by atoms with Gasteiger partial charge in [0.05, 0.1) is 5.25 Å². The first-order valence-electron chi connectivity index (χ1n) is 7.27. The minimum absolute atomic E-state index is 0.216. The molecule has 0 aromatic heterocycles. The third-order valence-electron chi connectivity index (χ3n) is 3.93. The lowest BCUT2D eigenvalue weighted by atomic mass is 10.3. The third-order valence-corrected chi connectivity index (χ3v) is 6.33. The first-order valence-corrected chi connectivity index (χ1v) is 8.77. The van der Waals surface area contributed by atoms with E-state index in [-0.39, 0.29) is 17.1 Å². The molecule has 8 heteroatoms. The van der Waals surface area contributed by atoms with Crippen molar-refractivity contribution in [2.75, 3.05) is 31.5 Å². The zero-order valence-corrected chi connectivity index (χ0v) is 12.9. The second-order valence-corrected chi connectivity index (χ2v) is 7.78. The molecule has 2 amide bonds. The van der Waals surface area contributed by atoms with Crippen LogP contribution in [0.1, 0.15) is 12.8 Å². The fourth-order valence-electron chi connectivity index (χ4n) is 2.46. The number of rotatable bonds is 3. The van der Waals surface area contributed by atoms with E-state index in [1.165, 1.54) is 28.6 Å². The Morgan fingerprint density at radius 3 is 2.23 bits per heavy atom. The summed E-state index contributed by atoms with van der Waals surface area (Å²) in [4.78, 5) is 13.7. The lowest BCUT2D eigenvalue weighted by molar-refractivity contribution is 0.184. The molecule has 1 heterocycles. The molecular formula is C14H18FN3O3S. The summed E-state index contributed by atoms with van der Waals surface area (Å²) in [5.74, 6) is -0.364. The van der Waals surface area contributed by atoms with Gasteiger partial charge in [0.1, 0.15) is 5.82 Å². The van der Waals surface area contributed by atoms with Gasteiger partial charge in [0.2, 0.25) is 10.0 Å². The second-order valence-electron chi connectivity index (χ2n) is 5.57. The molecular weight excluding hydrogens is 309 g/mol. The maximum Gasteiger partial charge on any atom is 0.321 e. The number of halogens is 1. The lowest BCUT2D eigenvalue weighted by Gasteiger charge is -2.34. The Morgan fingerprint density at radius 1 is 1.09 bits per heavy atom. The standard InChI is InChI=1S/C14H18FN3O3S/c15-11-1-3-12(4-2-11)16-14(19)17-7-9-18(10-8-17)22(20,21)13-5-6-13/h1-4,13H,5-10H2,(H,16,19). The van der Waals surface area contributed by atoms with Gasteiger partial charge in [-0.1, -0.05) is 0 Å². The number of amides is 2. The highest BCUT2D eigenvalue weighted by Crippen LogP contribution is 2.31. The van der Waals surface area contributed by atoms with Crippen LogP contribution >= 0.6 is 0 Å². The van der Waals surface area contributed by atoms with Gasteiger partial charge < -0.3 is 10.2 Å². The summed E-state index contributed by atoms with van der Waals surface area (Å²) in [5, 5.41) is 2.46. The number of hydrogen-bond donors (Lipinski definition) is 1. The molecule has 22 heavy (non-hydrogen) atoms. The van der Waals surface area contributed by atoms with Crippen LogP contribution in [0.15, 0.2) is 24.3 Å². The molecule has 2 aliphatic rings. The van der Waals surface area contributed by atoms with Crippen molar-refractivity contribution in [1.29, 1.82) is 0 Å². The van der Waals surface area contributed by atoms with Crippen molar-refractivity contribution >= 4 is 21.7 Å². The number of piperazine rings is 1. The van der Waals surface area contributed by atoms with E-state index in [0.717, 1.165) is 12.8 Å². The van der Waals surface area contributed by atoms with Gasteiger partial charge >= 0.3 is 6.03 Å². The molecule has 1 N–H and O–H groups in total.